The topological polar surface area (TPSA) is 55.0 Å². The molecule has 0 radical (unpaired) electrons. The maximum absolute atomic E-state index is 11.4. The lowest BCUT2D eigenvalue weighted by atomic mass is 10.0. The van der Waals surface area contributed by atoms with E-state index < -0.39 is 0 Å². The molecule has 0 aliphatic heterocycles. The lowest BCUT2D eigenvalue weighted by Gasteiger charge is -2.13. The van der Waals surface area contributed by atoms with Gasteiger partial charge in [0.15, 0.2) is 0 Å². The average Bonchev–Trinajstić information content (AvgIpc) is 2.35. The van der Waals surface area contributed by atoms with Crippen LogP contribution in [0, 0.1) is 0 Å². The number of aromatic amines is 1. The van der Waals surface area contributed by atoms with Crippen LogP contribution >= 0.6 is 15.9 Å². The molecule has 94 valence electrons. The van der Waals surface area contributed by atoms with E-state index in [0.29, 0.717) is 16.1 Å². The lowest BCUT2D eigenvalue weighted by molar-refractivity contribution is 0.448. The Morgan fingerprint density at radius 1 is 1.33 bits per heavy atom. The number of aromatic nitrogens is 2. The zero-order valence-electron chi connectivity index (χ0n) is 10.1. The molecule has 2 rings (SSSR count). The van der Waals surface area contributed by atoms with Crippen molar-refractivity contribution < 1.29 is 4.74 Å². The van der Waals surface area contributed by atoms with Crippen molar-refractivity contribution in [1.29, 1.82) is 0 Å². The van der Waals surface area contributed by atoms with Gasteiger partial charge < -0.3 is 9.72 Å². The molecule has 4 nitrogen and oxygen atoms in total. The van der Waals surface area contributed by atoms with E-state index in [-0.39, 0.29) is 11.4 Å². The largest absolute Gasteiger partial charge is 0.437 e. The van der Waals surface area contributed by atoms with Crippen LogP contribution in [0.3, 0.4) is 0 Å². The third kappa shape index (κ3) is 2.61. The van der Waals surface area contributed by atoms with Gasteiger partial charge in [-0.05, 0) is 33.5 Å². The Labute approximate surface area is 113 Å². The molecule has 0 atom stereocenters. The fraction of sp³-hybridized carbons (Fsp3) is 0.231. The van der Waals surface area contributed by atoms with Gasteiger partial charge in [-0.15, -0.1) is 0 Å². The number of nitrogens with one attached hydrogen (secondary N) is 1. The molecule has 5 heteroatoms. The molecule has 2 aromatic rings. The number of hydrogen-bond acceptors (Lipinski definition) is 3. The van der Waals surface area contributed by atoms with E-state index in [1.165, 1.54) is 6.33 Å². The van der Waals surface area contributed by atoms with Crippen molar-refractivity contribution in [2.45, 2.75) is 19.8 Å². The van der Waals surface area contributed by atoms with Crippen molar-refractivity contribution in [1.82, 2.24) is 9.97 Å². The summed E-state index contributed by atoms with van der Waals surface area (Å²) in [4.78, 5) is 17.9. The molecular formula is C13H13BrN2O2. The number of benzene rings is 1. The van der Waals surface area contributed by atoms with E-state index in [1.807, 2.05) is 24.3 Å². The molecule has 1 heterocycles. The number of nitrogens with zero attached hydrogens (tertiary/aromatic N) is 1. The van der Waals surface area contributed by atoms with E-state index in [2.05, 4.69) is 39.7 Å². The first-order chi connectivity index (χ1) is 8.59. The molecule has 0 aliphatic rings. The van der Waals surface area contributed by atoms with Crippen molar-refractivity contribution in [3.05, 3.63) is 51.0 Å². The van der Waals surface area contributed by atoms with Crippen LogP contribution in [0.25, 0.3) is 0 Å². The van der Waals surface area contributed by atoms with Crippen molar-refractivity contribution in [2.75, 3.05) is 0 Å². The summed E-state index contributed by atoms with van der Waals surface area (Å²) in [6, 6.07) is 7.72. The second-order valence-electron chi connectivity index (χ2n) is 4.15. The van der Waals surface area contributed by atoms with Crippen molar-refractivity contribution >= 4 is 15.9 Å². The highest BCUT2D eigenvalue weighted by molar-refractivity contribution is 9.10. The zero-order chi connectivity index (χ0) is 13.1. The minimum Gasteiger partial charge on any atom is -0.437 e. The molecule has 0 amide bonds. The van der Waals surface area contributed by atoms with Gasteiger partial charge in [-0.2, -0.15) is 0 Å². The normalized spacial score (nSPS) is 10.7. The van der Waals surface area contributed by atoms with Gasteiger partial charge in [0.05, 0.1) is 6.33 Å². The Bertz CT molecular complexity index is 608. The van der Waals surface area contributed by atoms with Gasteiger partial charge in [0, 0.05) is 0 Å². The molecule has 1 aromatic heterocycles. The Kier molecular flexibility index (Phi) is 3.81. The number of halogens is 1. The number of ether oxygens (including phenoxy) is 1. The van der Waals surface area contributed by atoms with Crippen LogP contribution in [0.15, 0.2) is 39.9 Å². The van der Waals surface area contributed by atoms with Crippen LogP contribution < -0.4 is 10.3 Å². The first-order valence-corrected chi connectivity index (χ1v) is 6.39. The third-order valence-electron chi connectivity index (χ3n) is 2.51. The molecule has 0 bridgehead atoms. The van der Waals surface area contributed by atoms with Crippen LogP contribution in [0.1, 0.15) is 25.3 Å². The highest BCUT2D eigenvalue weighted by Gasteiger charge is 2.12. The highest BCUT2D eigenvalue weighted by Crippen LogP contribution is 2.31. The Balaban J connectivity index is 2.40. The van der Waals surface area contributed by atoms with Gasteiger partial charge in [0.25, 0.3) is 5.56 Å². The van der Waals surface area contributed by atoms with Crippen LogP contribution in [0.5, 0.6) is 11.6 Å². The summed E-state index contributed by atoms with van der Waals surface area (Å²) in [5, 5.41) is 0. The second kappa shape index (κ2) is 5.35. The molecular weight excluding hydrogens is 296 g/mol. The SMILES string of the molecule is CC(C)c1ccccc1Oc1nc[nH]c(=O)c1Br. The van der Waals surface area contributed by atoms with Gasteiger partial charge in [-0.3, -0.25) is 4.79 Å². The maximum Gasteiger partial charge on any atom is 0.268 e. The highest BCUT2D eigenvalue weighted by atomic mass is 79.9. The number of para-hydroxylation sites is 1. The standard InChI is InChI=1S/C13H13BrN2O2/c1-8(2)9-5-3-4-6-10(9)18-13-11(14)12(17)15-7-16-13/h3-8H,1-2H3,(H,15,16,17). The van der Waals surface area contributed by atoms with E-state index >= 15 is 0 Å². The fourth-order valence-electron chi connectivity index (χ4n) is 1.59. The molecule has 0 aliphatic carbocycles. The predicted molar refractivity (Wildman–Crippen MR) is 73.2 cm³/mol. The molecule has 0 spiro atoms. The van der Waals surface area contributed by atoms with E-state index in [4.69, 9.17) is 4.74 Å². The lowest BCUT2D eigenvalue weighted by Crippen LogP contribution is -2.08. The monoisotopic (exact) mass is 308 g/mol. The van der Waals surface area contributed by atoms with Crippen molar-refractivity contribution in [2.24, 2.45) is 0 Å². The second-order valence-corrected chi connectivity index (χ2v) is 4.94. The van der Waals surface area contributed by atoms with Crippen LogP contribution in [0.2, 0.25) is 0 Å². The minimum atomic E-state index is -0.262. The van der Waals surface area contributed by atoms with Gasteiger partial charge in [-0.1, -0.05) is 32.0 Å². The summed E-state index contributed by atoms with van der Waals surface area (Å²) in [6.45, 7) is 4.17. The van der Waals surface area contributed by atoms with Gasteiger partial charge in [-0.25, -0.2) is 4.98 Å². The van der Waals surface area contributed by atoms with Gasteiger partial charge in [0.2, 0.25) is 5.88 Å². The molecule has 0 saturated carbocycles. The number of rotatable bonds is 3. The van der Waals surface area contributed by atoms with Crippen LogP contribution in [0.4, 0.5) is 0 Å². The van der Waals surface area contributed by atoms with E-state index in [1.54, 1.807) is 0 Å². The summed E-state index contributed by atoms with van der Waals surface area (Å²) >= 11 is 3.17. The van der Waals surface area contributed by atoms with Gasteiger partial charge >= 0.3 is 0 Å². The molecule has 1 aromatic carbocycles. The number of H-pyrrole nitrogens is 1. The quantitative estimate of drug-likeness (QED) is 0.945. The average molecular weight is 309 g/mol. The van der Waals surface area contributed by atoms with Gasteiger partial charge in [0.1, 0.15) is 10.2 Å². The Morgan fingerprint density at radius 2 is 2.06 bits per heavy atom. The fourth-order valence-corrected chi connectivity index (χ4v) is 1.89. The summed E-state index contributed by atoms with van der Waals surface area (Å²) in [7, 11) is 0. The predicted octanol–water partition coefficient (Wildman–Crippen LogP) is 3.45. The Morgan fingerprint density at radius 3 is 2.78 bits per heavy atom. The van der Waals surface area contributed by atoms with Crippen molar-refractivity contribution in [3.63, 3.8) is 0 Å². The summed E-state index contributed by atoms with van der Waals surface area (Å²) in [5.74, 6) is 1.32. The van der Waals surface area contributed by atoms with Crippen LogP contribution in [-0.4, -0.2) is 9.97 Å². The smallest absolute Gasteiger partial charge is 0.268 e. The van der Waals surface area contributed by atoms with E-state index in [0.717, 1.165) is 5.56 Å². The molecule has 1 N–H and O–H groups in total. The molecule has 0 fully saturated rings. The third-order valence-corrected chi connectivity index (χ3v) is 3.21. The summed E-state index contributed by atoms with van der Waals surface area (Å²) in [5.41, 5.74) is 0.813. The first kappa shape index (κ1) is 12.8. The first-order valence-electron chi connectivity index (χ1n) is 5.59. The number of hydrogen-bond donors (Lipinski definition) is 1. The molecule has 0 unspecified atom stereocenters. The molecule has 18 heavy (non-hydrogen) atoms. The van der Waals surface area contributed by atoms with E-state index in [9.17, 15) is 4.79 Å². The molecule has 0 saturated heterocycles. The van der Waals surface area contributed by atoms with Crippen molar-refractivity contribution in [3.8, 4) is 11.6 Å². The Hall–Kier alpha value is -1.62. The maximum atomic E-state index is 11.4. The minimum absolute atomic E-state index is 0.262. The summed E-state index contributed by atoms with van der Waals surface area (Å²) in [6.07, 6.45) is 1.32. The zero-order valence-corrected chi connectivity index (χ0v) is 11.7. The summed E-state index contributed by atoms with van der Waals surface area (Å²) < 4.78 is 6.00. The van der Waals surface area contributed by atoms with Crippen LogP contribution in [-0.2, 0) is 0 Å².